The fourth-order valence-electron chi connectivity index (χ4n) is 2.22. The minimum atomic E-state index is -0.933. The van der Waals surface area contributed by atoms with E-state index in [2.05, 4.69) is 19.1 Å². The summed E-state index contributed by atoms with van der Waals surface area (Å²) >= 11 is 0. The summed E-state index contributed by atoms with van der Waals surface area (Å²) in [6, 6.07) is 11.3. The van der Waals surface area contributed by atoms with Crippen LogP contribution in [0.2, 0.25) is 0 Å². The molecule has 0 fully saturated rings. The second-order valence-electron chi connectivity index (χ2n) is 5.11. The van der Waals surface area contributed by atoms with Crippen LogP contribution in [-0.4, -0.2) is 0 Å². The molecule has 22 heavy (non-hydrogen) atoms. The summed E-state index contributed by atoms with van der Waals surface area (Å²) in [4.78, 5) is 0. The fraction of sp³-hybridized carbons (Fsp3) is 0.263. The van der Waals surface area contributed by atoms with Gasteiger partial charge < -0.3 is 4.74 Å². The largest absolute Gasteiger partial charge is 0.462 e. The van der Waals surface area contributed by atoms with E-state index in [4.69, 9.17) is 4.74 Å². The molecule has 0 unspecified atom stereocenters. The highest BCUT2D eigenvalue weighted by Gasteiger charge is 2.14. The first kappa shape index (κ1) is 16.2. The van der Waals surface area contributed by atoms with E-state index >= 15 is 0 Å². The molecular weight excluding hydrogens is 282 g/mol. The van der Waals surface area contributed by atoms with Gasteiger partial charge in [-0.1, -0.05) is 43.3 Å². The van der Waals surface area contributed by atoms with Crippen molar-refractivity contribution in [1.29, 1.82) is 0 Å². The molecule has 0 aliphatic carbocycles. The topological polar surface area (TPSA) is 9.23 Å². The van der Waals surface area contributed by atoms with Crippen LogP contribution in [0.5, 0.6) is 5.75 Å². The molecule has 0 amide bonds. The Morgan fingerprint density at radius 1 is 0.909 bits per heavy atom. The van der Waals surface area contributed by atoms with Crippen LogP contribution in [-0.2, 0) is 19.3 Å². The zero-order valence-electron chi connectivity index (χ0n) is 12.9. The molecule has 0 N–H and O–H groups in total. The lowest BCUT2D eigenvalue weighted by Crippen LogP contribution is -2.00. The van der Waals surface area contributed by atoms with Gasteiger partial charge >= 0.3 is 0 Å². The van der Waals surface area contributed by atoms with Crippen molar-refractivity contribution < 1.29 is 13.5 Å². The van der Waals surface area contributed by atoms with Gasteiger partial charge in [-0.2, -0.15) is 4.39 Å². The van der Waals surface area contributed by atoms with E-state index in [1.807, 2.05) is 12.1 Å². The summed E-state index contributed by atoms with van der Waals surface area (Å²) in [6.07, 6.45) is 5.07. The van der Waals surface area contributed by atoms with Crippen LogP contribution in [0.4, 0.5) is 8.78 Å². The van der Waals surface area contributed by atoms with Gasteiger partial charge in [0.05, 0.1) is 6.26 Å². The number of hydrogen-bond donors (Lipinski definition) is 0. The molecule has 0 saturated heterocycles. The van der Waals surface area contributed by atoms with Crippen molar-refractivity contribution in [2.75, 3.05) is 0 Å². The first-order chi connectivity index (χ1) is 10.7. The minimum absolute atomic E-state index is 0.0911. The molecule has 0 atom stereocenters. The highest BCUT2D eigenvalue weighted by Crippen LogP contribution is 2.24. The van der Waals surface area contributed by atoms with Crippen molar-refractivity contribution in [3.05, 3.63) is 77.1 Å². The lowest BCUT2D eigenvalue weighted by atomic mass is 10.0. The van der Waals surface area contributed by atoms with Crippen LogP contribution >= 0.6 is 0 Å². The van der Waals surface area contributed by atoms with Gasteiger partial charge in [-0.25, -0.2) is 4.39 Å². The van der Waals surface area contributed by atoms with Crippen molar-refractivity contribution in [2.45, 2.75) is 33.1 Å². The highest BCUT2D eigenvalue weighted by atomic mass is 19.2. The molecule has 2 aromatic carbocycles. The summed E-state index contributed by atoms with van der Waals surface area (Å²) in [5.74, 6) is -1.85. The minimum Gasteiger partial charge on any atom is -0.462 e. The Bertz CT molecular complexity index is 645. The Balaban J connectivity index is 2.07. The molecule has 0 heterocycles. The number of ether oxygens (including phenoxy) is 1. The van der Waals surface area contributed by atoms with Crippen LogP contribution < -0.4 is 4.74 Å². The SMILES string of the molecule is CC=COc1ccc(CCc2ccc(CC)cc2)c(F)c1F. The van der Waals surface area contributed by atoms with Crippen molar-refractivity contribution >= 4 is 0 Å². The van der Waals surface area contributed by atoms with E-state index in [0.717, 1.165) is 12.0 Å². The standard InChI is InChI=1S/C19H20F2O/c1-3-13-22-17-12-11-16(18(20)19(17)21)10-9-15-7-5-14(4-2)6-8-15/h3,5-8,11-13H,4,9-10H2,1-2H3. The zero-order valence-corrected chi connectivity index (χ0v) is 12.9. The van der Waals surface area contributed by atoms with Crippen molar-refractivity contribution in [2.24, 2.45) is 0 Å². The predicted octanol–water partition coefficient (Wildman–Crippen LogP) is 5.22. The Kier molecular flexibility index (Phi) is 5.70. The van der Waals surface area contributed by atoms with Gasteiger partial charge in [-0.15, -0.1) is 0 Å². The maximum absolute atomic E-state index is 14.0. The van der Waals surface area contributed by atoms with E-state index in [0.29, 0.717) is 18.4 Å². The number of aryl methyl sites for hydroxylation is 3. The number of halogens is 2. The Morgan fingerprint density at radius 3 is 2.23 bits per heavy atom. The van der Waals surface area contributed by atoms with Crippen molar-refractivity contribution in [1.82, 2.24) is 0 Å². The molecule has 116 valence electrons. The summed E-state index contributed by atoms with van der Waals surface area (Å²) in [5, 5.41) is 0. The second-order valence-corrected chi connectivity index (χ2v) is 5.11. The smallest absolute Gasteiger partial charge is 0.201 e. The van der Waals surface area contributed by atoms with Crippen LogP contribution in [0.25, 0.3) is 0 Å². The molecule has 0 spiro atoms. The molecule has 2 rings (SSSR count). The molecule has 0 radical (unpaired) electrons. The molecule has 0 saturated carbocycles. The summed E-state index contributed by atoms with van der Waals surface area (Å²) in [7, 11) is 0. The fourth-order valence-corrected chi connectivity index (χ4v) is 2.22. The molecule has 0 aliphatic rings. The van der Waals surface area contributed by atoms with E-state index in [1.165, 1.54) is 17.9 Å². The van der Waals surface area contributed by atoms with Gasteiger partial charge in [0.2, 0.25) is 5.82 Å². The lowest BCUT2D eigenvalue weighted by molar-refractivity contribution is 0.411. The molecule has 2 aromatic rings. The van der Waals surface area contributed by atoms with Gasteiger partial charge in [0.25, 0.3) is 0 Å². The monoisotopic (exact) mass is 302 g/mol. The Hall–Kier alpha value is -2.16. The number of rotatable bonds is 6. The van der Waals surface area contributed by atoms with Gasteiger partial charge in [0.15, 0.2) is 11.6 Å². The van der Waals surface area contributed by atoms with Gasteiger partial charge in [-0.05, 0) is 48.9 Å². The number of benzene rings is 2. The second kappa shape index (κ2) is 7.74. The first-order valence-electron chi connectivity index (χ1n) is 7.48. The molecule has 0 aromatic heterocycles. The molecular formula is C19H20F2O. The average Bonchev–Trinajstić information content (AvgIpc) is 2.56. The van der Waals surface area contributed by atoms with Crippen molar-refractivity contribution in [3.63, 3.8) is 0 Å². The Morgan fingerprint density at radius 2 is 1.59 bits per heavy atom. The zero-order chi connectivity index (χ0) is 15.9. The van der Waals surface area contributed by atoms with E-state index in [9.17, 15) is 8.78 Å². The summed E-state index contributed by atoms with van der Waals surface area (Å²) in [6.45, 7) is 3.84. The third-order valence-corrected chi connectivity index (χ3v) is 3.57. The third kappa shape index (κ3) is 3.94. The number of allylic oxidation sites excluding steroid dienone is 1. The van der Waals surface area contributed by atoms with Crippen LogP contribution in [0.1, 0.15) is 30.5 Å². The Labute approximate surface area is 130 Å². The maximum Gasteiger partial charge on any atom is 0.201 e. The quantitative estimate of drug-likeness (QED) is 0.664. The highest BCUT2D eigenvalue weighted by molar-refractivity contribution is 5.32. The van der Waals surface area contributed by atoms with Crippen molar-refractivity contribution in [3.8, 4) is 5.75 Å². The number of hydrogen-bond acceptors (Lipinski definition) is 1. The van der Waals surface area contributed by atoms with E-state index < -0.39 is 11.6 Å². The lowest BCUT2D eigenvalue weighted by Gasteiger charge is -2.08. The molecule has 1 nitrogen and oxygen atoms in total. The first-order valence-corrected chi connectivity index (χ1v) is 7.48. The molecule has 0 aliphatic heterocycles. The van der Waals surface area contributed by atoms with Gasteiger partial charge in [-0.3, -0.25) is 0 Å². The molecule has 3 heteroatoms. The van der Waals surface area contributed by atoms with Crippen LogP contribution in [0.3, 0.4) is 0 Å². The van der Waals surface area contributed by atoms with E-state index in [1.54, 1.807) is 19.1 Å². The van der Waals surface area contributed by atoms with Gasteiger partial charge in [0.1, 0.15) is 0 Å². The summed E-state index contributed by atoms with van der Waals surface area (Å²) < 4.78 is 32.9. The van der Waals surface area contributed by atoms with Crippen LogP contribution in [0.15, 0.2) is 48.7 Å². The summed E-state index contributed by atoms with van der Waals surface area (Å²) in [5.41, 5.74) is 2.75. The normalized spacial score (nSPS) is 11.1. The predicted molar refractivity (Wildman–Crippen MR) is 85.0 cm³/mol. The van der Waals surface area contributed by atoms with Crippen LogP contribution in [0, 0.1) is 11.6 Å². The maximum atomic E-state index is 14.0. The third-order valence-electron chi connectivity index (χ3n) is 3.57. The van der Waals surface area contributed by atoms with E-state index in [-0.39, 0.29) is 5.75 Å². The average molecular weight is 302 g/mol. The molecule has 0 bridgehead atoms. The van der Waals surface area contributed by atoms with Gasteiger partial charge in [0, 0.05) is 0 Å².